The first-order chi connectivity index (χ1) is 16.1. The normalized spacial score (nSPS) is 10.8. The van der Waals surface area contributed by atoms with E-state index in [9.17, 15) is 4.79 Å². The number of amides is 1. The molecular weight excluding hydrogens is 418 g/mol. The van der Waals surface area contributed by atoms with Gasteiger partial charge in [-0.1, -0.05) is 6.58 Å². The van der Waals surface area contributed by atoms with Crippen molar-refractivity contribution in [3.05, 3.63) is 85.6 Å². The van der Waals surface area contributed by atoms with Gasteiger partial charge in [0.05, 0.1) is 24.1 Å². The van der Waals surface area contributed by atoms with Crippen LogP contribution in [0.2, 0.25) is 0 Å². The number of nitrogens with zero attached hydrogens (tertiary/aromatic N) is 5. The molecular formula is C24H19N7O2. The predicted molar refractivity (Wildman–Crippen MR) is 126 cm³/mol. The van der Waals surface area contributed by atoms with Crippen molar-refractivity contribution in [2.45, 2.75) is 6.92 Å². The molecule has 0 aliphatic rings. The molecule has 0 unspecified atom stereocenters. The molecule has 0 spiro atoms. The summed E-state index contributed by atoms with van der Waals surface area (Å²) in [5.74, 6) is 1.63. The molecule has 3 heterocycles. The van der Waals surface area contributed by atoms with E-state index in [4.69, 9.17) is 4.74 Å². The maximum atomic E-state index is 11.6. The van der Waals surface area contributed by atoms with E-state index in [1.807, 2.05) is 43.3 Å². The zero-order valence-electron chi connectivity index (χ0n) is 17.7. The molecule has 162 valence electrons. The van der Waals surface area contributed by atoms with Crippen molar-refractivity contribution < 1.29 is 9.53 Å². The maximum Gasteiger partial charge on any atom is 0.247 e. The van der Waals surface area contributed by atoms with Gasteiger partial charge in [-0.2, -0.15) is 5.10 Å². The molecule has 2 aromatic carbocycles. The molecule has 9 nitrogen and oxygen atoms in total. The number of carbonyl (C=O) groups is 1. The molecule has 2 N–H and O–H groups in total. The number of anilines is 3. The number of benzene rings is 2. The van der Waals surface area contributed by atoms with Crippen LogP contribution >= 0.6 is 0 Å². The summed E-state index contributed by atoms with van der Waals surface area (Å²) in [4.78, 5) is 24.6. The summed E-state index contributed by atoms with van der Waals surface area (Å²) < 4.78 is 7.66. The highest BCUT2D eigenvalue weighted by molar-refractivity contribution is 6.01. The number of carbonyl (C=O) groups excluding carboxylic acids is 1. The van der Waals surface area contributed by atoms with Gasteiger partial charge < -0.3 is 15.4 Å². The van der Waals surface area contributed by atoms with Gasteiger partial charge in [-0.15, -0.1) is 0 Å². The van der Waals surface area contributed by atoms with Crippen LogP contribution in [0.15, 0.2) is 80.0 Å². The first-order valence-corrected chi connectivity index (χ1v) is 10.1. The predicted octanol–water partition coefficient (Wildman–Crippen LogP) is 4.64. The van der Waals surface area contributed by atoms with E-state index in [1.54, 1.807) is 29.2 Å². The largest absolute Gasteiger partial charge is 0.454 e. The first kappa shape index (κ1) is 20.1. The summed E-state index contributed by atoms with van der Waals surface area (Å²) in [6, 6.07) is 13.0. The van der Waals surface area contributed by atoms with Gasteiger partial charge in [0.1, 0.15) is 17.9 Å². The second-order valence-electron chi connectivity index (χ2n) is 7.28. The highest BCUT2D eigenvalue weighted by Gasteiger charge is 2.09. The standard InChI is InChI=1S/C24H19N7O2/c1-3-23(32)29-17-4-6-20-19(11-17)24(27-14-26-20)30-16-5-7-21(15(2)10-16)33-18-12-25-22-8-9-28-31(22)13-18/h3-14H,1H2,2H3,(H,29,32)(H,26,27,30). The Bertz CT molecular complexity index is 1510. The topological polar surface area (TPSA) is 106 Å². The molecule has 1 amide bonds. The number of fused-ring (bicyclic) bond motifs is 2. The average molecular weight is 437 g/mol. The summed E-state index contributed by atoms with van der Waals surface area (Å²) in [6.45, 7) is 5.44. The molecule has 3 aromatic heterocycles. The van der Waals surface area contributed by atoms with E-state index in [-0.39, 0.29) is 5.91 Å². The van der Waals surface area contributed by atoms with Gasteiger partial charge in [0.15, 0.2) is 11.4 Å². The van der Waals surface area contributed by atoms with Gasteiger partial charge in [0.25, 0.3) is 0 Å². The minimum absolute atomic E-state index is 0.283. The van der Waals surface area contributed by atoms with Gasteiger partial charge in [0, 0.05) is 22.8 Å². The Hall–Kier alpha value is -4.79. The quantitative estimate of drug-likeness (QED) is 0.373. The summed E-state index contributed by atoms with van der Waals surface area (Å²) >= 11 is 0. The fraction of sp³-hybridized carbons (Fsp3) is 0.0417. The van der Waals surface area contributed by atoms with Crippen LogP contribution in [0.1, 0.15) is 5.56 Å². The Labute approximate surface area is 188 Å². The minimum atomic E-state index is -0.283. The van der Waals surface area contributed by atoms with E-state index in [0.717, 1.165) is 27.8 Å². The molecule has 0 atom stereocenters. The van der Waals surface area contributed by atoms with Gasteiger partial charge in [-0.25, -0.2) is 19.5 Å². The van der Waals surface area contributed by atoms with Crippen LogP contribution in [-0.4, -0.2) is 30.5 Å². The Morgan fingerprint density at radius 1 is 1.09 bits per heavy atom. The van der Waals surface area contributed by atoms with Crippen molar-refractivity contribution in [1.29, 1.82) is 0 Å². The van der Waals surface area contributed by atoms with Gasteiger partial charge >= 0.3 is 0 Å². The third-order valence-corrected chi connectivity index (χ3v) is 4.98. The number of aromatic nitrogens is 5. The fourth-order valence-corrected chi connectivity index (χ4v) is 3.38. The third-order valence-electron chi connectivity index (χ3n) is 4.98. The smallest absolute Gasteiger partial charge is 0.247 e. The zero-order chi connectivity index (χ0) is 22.8. The molecule has 0 aliphatic heterocycles. The van der Waals surface area contributed by atoms with Crippen molar-refractivity contribution in [1.82, 2.24) is 24.6 Å². The molecule has 33 heavy (non-hydrogen) atoms. The average Bonchev–Trinajstić information content (AvgIpc) is 3.29. The van der Waals surface area contributed by atoms with E-state index >= 15 is 0 Å². The van der Waals surface area contributed by atoms with Gasteiger partial charge in [-0.05, 0) is 55.0 Å². The van der Waals surface area contributed by atoms with E-state index in [1.165, 1.54) is 12.4 Å². The van der Waals surface area contributed by atoms with Gasteiger partial charge in [-0.3, -0.25) is 4.79 Å². The summed E-state index contributed by atoms with van der Waals surface area (Å²) in [6.07, 6.45) is 7.85. The second-order valence-corrected chi connectivity index (χ2v) is 7.28. The SMILES string of the molecule is C=CC(=O)Nc1ccc2ncnc(Nc3ccc(Oc4cnc5ccnn5c4)c(C)c3)c2c1. The Morgan fingerprint density at radius 2 is 1.97 bits per heavy atom. The van der Waals surface area contributed by atoms with Gasteiger partial charge in [0.2, 0.25) is 5.91 Å². The number of hydrogen-bond acceptors (Lipinski definition) is 7. The lowest BCUT2D eigenvalue weighted by molar-refractivity contribution is -0.111. The zero-order valence-corrected chi connectivity index (χ0v) is 17.7. The van der Waals surface area contributed by atoms with Crippen LogP contribution in [0.25, 0.3) is 16.6 Å². The molecule has 0 aliphatic carbocycles. The van der Waals surface area contributed by atoms with Crippen molar-refractivity contribution in [3.8, 4) is 11.5 Å². The number of rotatable bonds is 6. The van der Waals surface area contributed by atoms with Crippen LogP contribution in [-0.2, 0) is 4.79 Å². The molecule has 0 saturated carbocycles. The van der Waals surface area contributed by atoms with Crippen LogP contribution in [0, 0.1) is 6.92 Å². The Kier molecular flexibility index (Phi) is 5.12. The van der Waals surface area contributed by atoms with E-state index in [0.29, 0.717) is 23.0 Å². The summed E-state index contributed by atoms with van der Waals surface area (Å²) in [7, 11) is 0. The minimum Gasteiger partial charge on any atom is -0.454 e. The molecule has 9 heteroatoms. The van der Waals surface area contributed by atoms with Crippen molar-refractivity contribution in [3.63, 3.8) is 0 Å². The number of nitrogens with one attached hydrogen (secondary N) is 2. The maximum absolute atomic E-state index is 11.6. The van der Waals surface area contributed by atoms with E-state index in [2.05, 4.69) is 37.3 Å². The van der Waals surface area contributed by atoms with Crippen molar-refractivity contribution in [2.75, 3.05) is 10.6 Å². The van der Waals surface area contributed by atoms with Crippen LogP contribution in [0.4, 0.5) is 17.2 Å². The Morgan fingerprint density at radius 3 is 2.82 bits per heavy atom. The molecule has 0 saturated heterocycles. The monoisotopic (exact) mass is 437 g/mol. The highest BCUT2D eigenvalue weighted by atomic mass is 16.5. The molecule has 5 aromatic rings. The van der Waals surface area contributed by atoms with Crippen molar-refractivity contribution in [2.24, 2.45) is 0 Å². The number of ether oxygens (including phenoxy) is 1. The number of hydrogen-bond donors (Lipinski definition) is 2. The first-order valence-electron chi connectivity index (χ1n) is 10.1. The molecule has 0 radical (unpaired) electrons. The van der Waals surface area contributed by atoms with Crippen LogP contribution in [0.5, 0.6) is 11.5 Å². The highest BCUT2D eigenvalue weighted by Crippen LogP contribution is 2.30. The Balaban J connectivity index is 1.40. The van der Waals surface area contributed by atoms with Crippen molar-refractivity contribution >= 4 is 39.6 Å². The number of aryl methyl sites for hydroxylation is 1. The molecule has 5 rings (SSSR count). The van der Waals surface area contributed by atoms with Crippen LogP contribution in [0.3, 0.4) is 0 Å². The lowest BCUT2D eigenvalue weighted by Gasteiger charge is -2.13. The summed E-state index contributed by atoms with van der Waals surface area (Å²) in [5.41, 5.74) is 3.90. The lowest BCUT2D eigenvalue weighted by Crippen LogP contribution is -2.07. The third kappa shape index (κ3) is 4.19. The fourth-order valence-electron chi connectivity index (χ4n) is 3.38. The molecule has 0 fully saturated rings. The lowest BCUT2D eigenvalue weighted by atomic mass is 10.1. The molecule has 0 bridgehead atoms. The summed E-state index contributed by atoms with van der Waals surface area (Å²) in [5, 5.41) is 11.0. The van der Waals surface area contributed by atoms with Crippen LogP contribution < -0.4 is 15.4 Å². The second kappa shape index (κ2) is 8.39. The van der Waals surface area contributed by atoms with E-state index < -0.39 is 0 Å².